The van der Waals surface area contributed by atoms with Gasteiger partial charge >= 0.3 is 5.69 Å². The number of aromatic amines is 2. The lowest BCUT2D eigenvalue weighted by Crippen LogP contribution is -2.34. The summed E-state index contributed by atoms with van der Waals surface area (Å²) >= 11 is 0. The van der Waals surface area contributed by atoms with E-state index in [0.717, 1.165) is 71.3 Å². The van der Waals surface area contributed by atoms with Crippen LogP contribution in [0.2, 0.25) is 0 Å². The summed E-state index contributed by atoms with van der Waals surface area (Å²) in [5.41, 5.74) is 4.63. The number of aromatic nitrogens is 8. The van der Waals surface area contributed by atoms with Crippen LogP contribution >= 0.6 is 0 Å². The summed E-state index contributed by atoms with van der Waals surface area (Å²) in [5, 5.41) is 3.04. The standard InChI is InChI=1S/C23H24N10O/c1-24-17-6-3-14(11-25-17)20-30-18-21(32(20)2)26-12-27-22(18)33-9-7-13(8-10-33)15-4-5-16-19(28-15)31-23(34)29-16/h3-6,11-13H,7-10H2,1-2H3,(H,24,25)(H2,28,29,31,34). The van der Waals surface area contributed by atoms with E-state index in [9.17, 15) is 4.79 Å². The lowest BCUT2D eigenvalue weighted by molar-refractivity contribution is 0.495. The largest absolute Gasteiger partial charge is 0.373 e. The van der Waals surface area contributed by atoms with Gasteiger partial charge in [0.25, 0.3) is 0 Å². The maximum Gasteiger partial charge on any atom is 0.325 e. The van der Waals surface area contributed by atoms with Crippen LogP contribution in [-0.4, -0.2) is 59.6 Å². The average molecular weight is 457 g/mol. The Morgan fingerprint density at radius 1 is 1.03 bits per heavy atom. The molecule has 6 rings (SSSR count). The first-order chi connectivity index (χ1) is 16.6. The van der Waals surface area contributed by atoms with Crippen LogP contribution in [0.4, 0.5) is 11.6 Å². The van der Waals surface area contributed by atoms with E-state index in [1.165, 1.54) is 0 Å². The van der Waals surface area contributed by atoms with E-state index in [1.54, 1.807) is 6.33 Å². The number of rotatable bonds is 4. The minimum Gasteiger partial charge on any atom is -0.373 e. The molecule has 0 spiro atoms. The molecule has 0 unspecified atom stereocenters. The molecule has 0 amide bonds. The van der Waals surface area contributed by atoms with Gasteiger partial charge in [-0.1, -0.05) is 0 Å². The molecule has 0 aromatic carbocycles. The molecule has 172 valence electrons. The Balaban J connectivity index is 1.27. The van der Waals surface area contributed by atoms with Crippen molar-refractivity contribution in [3.8, 4) is 11.4 Å². The molecule has 0 atom stereocenters. The van der Waals surface area contributed by atoms with E-state index in [0.29, 0.717) is 11.6 Å². The highest BCUT2D eigenvalue weighted by molar-refractivity contribution is 5.86. The van der Waals surface area contributed by atoms with Gasteiger partial charge in [-0.3, -0.25) is 4.98 Å². The molecule has 34 heavy (non-hydrogen) atoms. The summed E-state index contributed by atoms with van der Waals surface area (Å²) in [7, 11) is 3.81. The molecule has 5 aromatic rings. The molecular formula is C23H24N10O. The molecule has 11 heteroatoms. The van der Waals surface area contributed by atoms with Crippen LogP contribution in [0.5, 0.6) is 0 Å². The zero-order valence-corrected chi connectivity index (χ0v) is 18.9. The van der Waals surface area contributed by atoms with Gasteiger partial charge in [-0.05, 0) is 37.1 Å². The summed E-state index contributed by atoms with van der Waals surface area (Å²) in [6.07, 6.45) is 5.30. The van der Waals surface area contributed by atoms with Crippen molar-refractivity contribution in [2.75, 3.05) is 30.4 Å². The molecule has 5 aromatic heterocycles. The van der Waals surface area contributed by atoms with Crippen molar-refractivity contribution >= 4 is 34.0 Å². The minimum absolute atomic E-state index is 0.231. The summed E-state index contributed by atoms with van der Waals surface area (Å²) in [5.74, 6) is 2.79. The maximum atomic E-state index is 11.5. The highest BCUT2D eigenvalue weighted by Crippen LogP contribution is 2.33. The Hall–Kier alpha value is -4.28. The molecule has 0 saturated carbocycles. The number of nitrogens with one attached hydrogen (secondary N) is 3. The van der Waals surface area contributed by atoms with Crippen molar-refractivity contribution in [3.63, 3.8) is 0 Å². The van der Waals surface area contributed by atoms with Crippen LogP contribution in [0.25, 0.3) is 33.7 Å². The van der Waals surface area contributed by atoms with Gasteiger partial charge in [0.15, 0.2) is 22.6 Å². The van der Waals surface area contributed by atoms with Gasteiger partial charge < -0.3 is 19.8 Å². The molecule has 3 N–H and O–H groups in total. The maximum absolute atomic E-state index is 11.5. The topological polar surface area (TPSA) is 133 Å². The van der Waals surface area contributed by atoms with Crippen LogP contribution in [0.1, 0.15) is 24.5 Å². The highest BCUT2D eigenvalue weighted by atomic mass is 16.1. The fraction of sp³-hybridized carbons (Fsp3) is 0.304. The van der Waals surface area contributed by atoms with Crippen molar-refractivity contribution in [1.82, 2.24) is 39.5 Å². The van der Waals surface area contributed by atoms with E-state index in [2.05, 4.69) is 40.1 Å². The Labute approximate surface area is 194 Å². The number of piperidine rings is 1. The minimum atomic E-state index is -0.231. The van der Waals surface area contributed by atoms with Gasteiger partial charge in [0.2, 0.25) is 0 Å². The number of nitrogens with zero attached hydrogens (tertiary/aromatic N) is 7. The second-order valence-corrected chi connectivity index (χ2v) is 8.52. The van der Waals surface area contributed by atoms with Crippen molar-refractivity contribution in [2.24, 2.45) is 7.05 Å². The summed E-state index contributed by atoms with van der Waals surface area (Å²) < 4.78 is 1.99. The normalized spacial score (nSPS) is 14.8. The van der Waals surface area contributed by atoms with Crippen LogP contribution < -0.4 is 15.9 Å². The number of imidazole rings is 2. The fourth-order valence-electron chi connectivity index (χ4n) is 4.70. The molecule has 11 nitrogen and oxygen atoms in total. The van der Waals surface area contributed by atoms with Gasteiger partial charge in [-0.25, -0.2) is 29.7 Å². The first-order valence-electron chi connectivity index (χ1n) is 11.3. The Bertz CT molecular complexity index is 1540. The summed E-state index contributed by atoms with van der Waals surface area (Å²) in [6.45, 7) is 1.68. The van der Waals surface area contributed by atoms with E-state index in [1.807, 2.05) is 49.1 Å². The molecule has 6 heterocycles. The van der Waals surface area contributed by atoms with Gasteiger partial charge in [0.05, 0.1) is 5.52 Å². The zero-order valence-electron chi connectivity index (χ0n) is 18.9. The van der Waals surface area contributed by atoms with Crippen molar-refractivity contribution < 1.29 is 0 Å². The number of pyridine rings is 2. The fourth-order valence-corrected chi connectivity index (χ4v) is 4.70. The highest BCUT2D eigenvalue weighted by Gasteiger charge is 2.26. The summed E-state index contributed by atoms with van der Waals surface area (Å²) in [4.78, 5) is 42.4. The lowest BCUT2D eigenvalue weighted by atomic mass is 9.93. The van der Waals surface area contributed by atoms with Crippen molar-refractivity contribution in [3.05, 3.63) is 53.0 Å². The van der Waals surface area contributed by atoms with E-state index >= 15 is 0 Å². The number of hydrogen-bond donors (Lipinski definition) is 3. The zero-order chi connectivity index (χ0) is 23.2. The van der Waals surface area contributed by atoms with Crippen LogP contribution in [0.15, 0.2) is 41.6 Å². The average Bonchev–Trinajstić information content (AvgIpc) is 3.42. The molecule has 1 aliphatic heterocycles. The number of aryl methyl sites for hydroxylation is 1. The Morgan fingerprint density at radius 3 is 2.65 bits per heavy atom. The molecule has 1 fully saturated rings. The first kappa shape index (κ1) is 20.3. The van der Waals surface area contributed by atoms with Crippen LogP contribution in [0.3, 0.4) is 0 Å². The van der Waals surface area contributed by atoms with Crippen molar-refractivity contribution in [1.29, 1.82) is 0 Å². The molecule has 1 aliphatic rings. The molecule has 0 bridgehead atoms. The predicted octanol–water partition coefficient (Wildman–Crippen LogP) is 2.42. The molecule has 1 saturated heterocycles. The smallest absolute Gasteiger partial charge is 0.325 e. The lowest BCUT2D eigenvalue weighted by Gasteiger charge is -2.32. The SMILES string of the molecule is CNc1ccc(-c2nc3c(N4CCC(c5ccc6[nH]c(=O)[nH]c6n5)CC4)ncnc3n2C)cn1. The Kier molecular flexibility index (Phi) is 4.75. The van der Waals surface area contributed by atoms with Crippen LogP contribution in [-0.2, 0) is 7.05 Å². The summed E-state index contributed by atoms with van der Waals surface area (Å²) in [6, 6.07) is 7.86. The van der Waals surface area contributed by atoms with Crippen LogP contribution in [0, 0.1) is 0 Å². The van der Waals surface area contributed by atoms with E-state index in [-0.39, 0.29) is 5.69 Å². The number of hydrogen-bond acceptors (Lipinski definition) is 8. The van der Waals surface area contributed by atoms with Crippen molar-refractivity contribution in [2.45, 2.75) is 18.8 Å². The predicted molar refractivity (Wildman–Crippen MR) is 130 cm³/mol. The molecular weight excluding hydrogens is 432 g/mol. The first-order valence-corrected chi connectivity index (χ1v) is 11.3. The second kappa shape index (κ2) is 7.94. The Morgan fingerprint density at radius 2 is 1.88 bits per heavy atom. The third-order valence-corrected chi connectivity index (χ3v) is 6.52. The second-order valence-electron chi connectivity index (χ2n) is 8.52. The third-order valence-electron chi connectivity index (χ3n) is 6.52. The monoisotopic (exact) mass is 456 g/mol. The number of H-pyrrole nitrogens is 2. The van der Waals surface area contributed by atoms with Gasteiger partial charge in [-0.2, -0.15) is 0 Å². The number of fused-ring (bicyclic) bond motifs is 2. The number of anilines is 2. The van der Waals surface area contributed by atoms with Gasteiger partial charge in [-0.15, -0.1) is 0 Å². The molecule has 0 radical (unpaired) electrons. The molecule has 0 aliphatic carbocycles. The van der Waals surface area contributed by atoms with Gasteiger partial charge in [0, 0.05) is 50.6 Å². The third kappa shape index (κ3) is 3.36. The van der Waals surface area contributed by atoms with E-state index in [4.69, 9.17) is 4.98 Å². The van der Waals surface area contributed by atoms with E-state index < -0.39 is 0 Å². The quantitative estimate of drug-likeness (QED) is 0.375. The van der Waals surface area contributed by atoms with Gasteiger partial charge in [0.1, 0.15) is 18.0 Å².